The highest BCUT2D eigenvalue weighted by atomic mass is 15.6. The average molecular weight is 269 g/mol. The number of rotatable bonds is 4. The van der Waals surface area contributed by atoms with E-state index in [1.54, 1.807) is 0 Å². The molecule has 0 aliphatic heterocycles. The van der Waals surface area contributed by atoms with Crippen LogP contribution in [0.2, 0.25) is 0 Å². The van der Waals surface area contributed by atoms with Crippen molar-refractivity contribution in [2.24, 2.45) is 4.99 Å². The predicted octanol–water partition coefficient (Wildman–Crippen LogP) is 1.67. The van der Waals surface area contributed by atoms with Gasteiger partial charge in [0.2, 0.25) is 5.65 Å². The Hall–Kier alpha value is -2.57. The molecule has 1 aromatic carbocycles. The second-order valence-electron chi connectivity index (χ2n) is 4.33. The smallest absolute Gasteiger partial charge is 0.207 e. The molecule has 0 N–H and O–H groups in total. The van der Waals surface area contributed by atoms with Crippen LogP contribution in [0.25, 0.3) is 16.4 Å². The Morgan fingerprint density at radius 1 is 1.20 bits per heavy atom. The Kier molecular flexibility index (Phi) is 3.24. The van der Waals surface area contributed by atoms with Crippen molar-refractivity contribution in [1.29, 1.82) is 0 Å². The molecule has 102 valence electrons. The largest absolute Gasteiger partial charge is 0.363 e. The highest BCUT2D eigenvalue weighted by Gasteiger charge is 2.09. The zero-order valence-corrected chi connectivity index (χ0v) is 11.4. The Labute approximate surface area is 115 Å². The summed E-state index contributed by atoms with van der Waals surface area (Å²) in [5, 5.41) is 17.8. The van der Waals surface area contributed by atoms with Crippen molar-refractivity contribution in [3.8, 4) is 0 Å². The van der Waals surface area contributed by atoms with Gasteiger partial charge in [0.25, 0.3) is 0 Å². The van der Waals surface area contributed by atoms with Crippen molar-refractivity contribution in [2.75, 3.05) is 13.1 Å². The summed E-state index contributed by atoms with van der Waals surface area (Å²) in [5.74, 6) is 0.618. The van der Waals surface area contributed by atoms with Gasteiger partial charge in [-0.25, -0.2) is 4.99 Å². The van der Waals surface area contributed by atoms with E-state index in [9.17, 15) is 0 Å². The van der Waals surface area contributed by atoms with E-state index in [0.717, 1.165) is 23.9 Å². The highest BCUT2D eigenvalue weighted by Crippen LogP contribution is 2.25. The van der Waals surface area contributed by atoms with Crippen LogP contribution in [0.15, 0.2) is 29.3 Å². The predicted molar refractivity (Wildman–Crippen MR) is 77.2 cm³/mol. The third-order valence-electron chi connectivity index (χ3n) is 3.21. The van der Waals surface area contributed by atoms with Crippen LogP contribution in [0.3, 0.4) is 0 Å². The zero-order valence-electron chi connectivity index (χ0n) is 11.4. The molecule has 0 bridgehead atoms. The van der Waals surface area contributed by atoms with E-state index < -0.39 is 0 Å². The van der Waals surface area contributed by atoms with E-state index in [-0.39, 0.29) is 0 Å². The van der Waals surface area contributed by atoms with Crippen LogP contribution >= 0.6 is 0 Å². The molecule has 0 spiro atoms. The molecule has 0 unspecified atom stereocenters. The Morgan fingerprint density at radius 2 is 1.95 bits per heavy atom. The van der Waals surface area contributed by atoms with Gasteiger partial charge >= 0.3 is 0 Å². The second kappa shape index (κ2) is 5.20. The topological polar surface area (TPSA) is 71.6 Å². The Balaban J connectivity index is 2.17. The summed E-state index contributed by atoms with van der Waals surface area (Å²) in [6.07, 6.45) is 1.81. The normalized spacial score (nSPS) is 11.7. The summed E-state index contributed by atoms with van der Waals surface area (Å²) in [4.78, 5) is 6.58. The lowest BCUT2D eigenvalue weighted by Crippen LogP contribution is -2.20. The van der Waals surface area contributed by atoms with Gasteiger partial charge in [-0.05, 0) is 24.3 Å². The fourth-order valence-electron chi connectivity index (χ4n) is 2.05. The fraction of sp³-hybridized carbons (Fsp3) is 0.308. The highest BCUT2D eigenvalue weighted by molar-refractivity contribution is 5.99. The summed E-state index contributed by atoms with van der Waals surface area (Å²) in [6, 6.07) is 7.86. The van der Waals surface area contributed by atoms with Crippen LogP contribution in [0.4, 0.5) is 5.82 Å². The van der Waals surface area contributed by atoms with Gasteiger partial charge < -0.3 is 4.90 Å². The number of hydrogen-bond donors (Lipinski definition) is 0. The lowest BCUT2D eigenvalue weighted by molar-refractivity contribution is 0.479. The van der Waals surface area contributed by atoms with Crippen LogP contribution in [-0.2, 0) is 0 Å². The fourth-order valence-corrected chi connectivity index (χ4v) is 2.05. The molecule has 0 aliphatic carbocycles. The van der Waals surface area contributed by atoms with Gasteiger partial charge in [-0.1, -0.05) is 24.3 Å². The Bertz CT molecular complexity index is 758. The molecule has 2 heterocycles. The van der Waals surface area contributed by atoms with E-state index >= 15 is 0 Å². The maximum atomic E-state index is 4.48. The molecule has 0 saturated carbocycles. The lowest BCUT2D eigenvalue weighted by atomic mass is 10.2. The first-order chi connectivity index (χ1) is 9.83. The van der Waals surface area contributed by atoms with Crippen molar-refractivity contribution in [3.05, 3.63) is 24.3 Å². The maximum Gasteiger partial charge on any atom is 0.207 e. The number of benzene rings is 1. The summed E-state index contributed by atoms with van der Waals surface area (Å²) in [7, 11) is 0. The SMILES string of the molecule is CCN(C=Nc1nn2nnnc2c2ccccc12)CC. The minimum Gasteiger partial charge on any atom is -0.363 e. The zero-order chi connectivity index (χ0) is 13.9. The molecule has 0 saturated heterocycles. The molecule has 7 heteroatoms. The molecular formula is C13H15N7. The number of aliphatic imine (C=N–C) groups is 1. The van der Waals surface area contributed by atoms with Crippen LogP contribution in [0, 0.1) is 0 Å². The molecule has 0 radical (unpaired) electrons. The van der Waals surface area contributed by atoms with E-state index in [4.69, 9.17) is 0 Å². The van der Waals surface area contributed by atoms with Gasteiger partial charge in [0.05, 0.1) is 6.34 Å². The summed E-state index contributed by atoms with van der Waals surface area (Å²) >= 11 is 0. The van der Waals surface area contributed by atoms with Gasteiger partial charge in [-0.3, -0.25) is 0 Å². The summed E-state index contributed by atoms with van der Waals surface area (Å²) < 4.78 is 1.41. The molecule has 0 amide bonds. The molecule has 2 aromatic heterocycles. The quantitative estimate of drug-likeness (QED) is 0.532. The molecule has 7 nitrogen and oxygen atoms in total. The minimum atomic E-state index is 0.618. The van der Waals surface area contributed by atoms with Crippen LogP contribution in [-0.4, -0.2) is 49.6 Å². The first-order valence-electron chi connectivity index (χ1n) is 6.58. The molecule has 3 rings (SSSR count). The van der Waals surface area contributed by atoms with Crippen LogP contribution in [0.1, 0.15) is 13.8 Å². The molecular weight excluding hydrogens is 254 g/mol. The van der Waals surface area contributed by atoms with E-state index in [1.807, 2.05) is 30.6 Å². The van der Waals surface area contributed by atoms with Gasteiger partial charge in [-0.2, -0.15) is 0 Å². The van der Waals surface area contributed by atoms with Crippen molar-refractivity contribution in [1.82, 2.24) is 30.2 Å². The molecule has 0 atom stereocenters. The molecule has 0 aliphatic rings. The monoisotopic (exact) mass is 269 g/mol. The van der Waals surface area contributed by atoms with E-state index in [0.29, 0.717) is 11.5 Å². The van der Waals surface area contributed by atoms with Gasteiger partial charge in [-0.15, -0.1) is 14.8 Å². The third kappa shape index (κ3) is 2.07. The van der Waals surface area contributed by atoms with E-state index in [2.05, 4.69) is 44.4 Å². The van der Waals surface area contributed by atoms with Crippen molar-refractivity contribution < 1.29 is 0 Å². The van der Waals surface area contributed by atoms with Crippen molar-refractivity contribution in [3.63, 3.8) is 0 Å². The number of nitrogens with zero attached hydrogens (tertiary/aromatic N) is 7. The lowest BCUT2D eigenvalue weighted by Gasteiger charge is -2.13. The Morgan fingerprint density at radius 3 is 2.70 bits per heavy atom. The van der Waals surface area contributed by atoms with Gasteiger partial charge in [0.15, 0.2) is 5.82 Å². The molecule has 0 fully saturated rings. The number of tetrazole rings is 1. The minimum absolute atomic E-state index is 0.618. The van der Waals surface area contributed by atoms with E-state index in [1.165, 1.54) is 4.63 Å². The third-order valence-corrected chi connectivity index (χ3v) is 3.21. The van der Waals surface area contributed by atoms with Crippen molar-refractivity contribution >= 4 is 28.6 Å². The van der Waals surface area contributed by atoms with Crippen molar-refractivity contribution in [2.45, 2.75) is 13.8 Å². The maximum absolute atomic E-state index is 4.48. The average Bonchev–Trinajstić information content (AvgIpc) is 2.96. The van der Waals surface area contributed by atoms with Gasteiger partial charge in [0.1, 0.15) is 0 Å². The number of hydrogen-bond acceptors (Lipinski definition) is 5. The standard InChI is InChI=1S/C13H15N7/c1-3-19(4-2)9-14-12-10-7-5-6-8-11(10)13-15-17-18-20(13)16-12/h5-9H,3-4H2,1-2H3. The number of fused-ring (bicyclic) bond motifs is 3. The molecule has 20 heavy (non-hydrogen) atoms. The number of aromatic nitrogens is 5. The first kappa shape index (κ1) is 12.5. The summed E-state index contributed by atoms with van der Waals surface area (Å²) in [6.45, 7) is 5.99. The molecule has 3 aromatic rings. The van der Waals surface area contributed by atoms with Crippen LogP contribution < -0.4 is 0 Å². The second-order valence-corrected chi connectivity index (χ2v) is 4.33. The van der Waals surface area contributed by atoms with Crippen LogP contribution in [0.5, 0.6) is 0 Å². The first-order valence-corrected chi connectivity index (χ1v) is 6.58. The van der Waals surface area contributed by atoms with Gasteiger partial charge in [0, 0.05) is 23.9 Å². The summed E-state index contributed by atoms with van der Waals surface area (Å²) in [5.41, 5.74) is 0.641.